The molecule has 0 N–H and O–H groups in total. The molecule has 5 heteroatoms. The van der Waals surface area contributed by atoms with Crippen LogP contribution in [0.25, 0.3) is 0 Å². The monoisotopic (exact) mass is 288 g/mol. The van der Waals surface area contributed by atoms with E-state index in [9.17, 15) is 4.57 Å². The summed E-state index contributed by atoms with van der Waals surface area (Å²) < 4.78 is 23.4. The lowest BCUT2D eigenvalue weighted by Crippen LogP contribution is -1.96. The molecule has 1 aromatic rings. The molecule has 0 amide bonds. The quantitative estimate of drug-likeness (QED) is 0.664. The SMILES string of the molecule is CCCSP(=O)(OCC)Oc1cc(C)cc(C)c1. The third-order valence-electron chi connectivity index (χ3n) is 2.15. The molecule has 0 spiro atoms. The van der Waals surface area contributed by atoms with Gasteiger partial charge in [-0.2, -0.15) is 0 Å². The summed E-state index contributed by atoms with van der Waals surface area (Å²) >= 11 is 1.27. The first kappa shape index (κ1) is 15.6. The summed E-state index contributed by atoms with van der Waals surface area (Å²) in [6.45, 7) is 5.15. The van der Waals surface area contributed by atoms with Crippen molar-refractivity contribution in [3.63, 3.8) is 0 Å². The maximum atomic E-state index is 12.5. The third kappa shape index (κ3) is 5.05. The first-order chi connectivity index (χ1) is 8.49. The summed E-state index contributed by atoms with van der Waals surface area (Å²) in [6.07, 6.45) is 0.942. The third-order valence-corrected chi connectivity index (χ3v) is 6.11. The number of benzene rings is 1. The van der Waals surface area contributed by atoms with Gasteiger partial charge in [0.1, 0.15) is 5.75 Å². The molecule has 0 aliphatic heterocycles. The number of hydrogen-bond donors (Lipinski definition) is 0. The molecule has 3 nitrogen and oxygen atoms in total. The minimum atomic E-state index is -3.08. The molecule has 0 bridgehead atoms. The van der Waals surface area contributed by atoms with Crippen molar-refractivity contribution < 1.29 is 13.6 Å². The van der Waals surface area contributed by atoms with Crippen molar-refractivity contribution in [1.82, 2.24) is 0 Å². The van der Waals surface area contributed by atoms with Gasteiger partial charge in [0.05, 0.1) is 6.61 Å². The van der Waals surface area contributed by atoms with Gasteiger partial charge in [0.25, 0.3) is 0 Å². The zero-order chi connectivity index (χ0) is 13.6. The number of aryl methyl sites for hydroxylation is 2. The molecule has 0 heterocycles. The fourth-order valence-electron chi connectivity index (χ4n) is 1.57. The van der Waals surface area contributed by atoms with Gasteiger partial charge in [-0.1, -0.05) is 13.0 Å². The Morgan fingerprint density at radius 3 is 2.28 bits per heavy atom. The zero-order valence-electron chi connectivity index (χ0n) is 11.4. The van der Waals surface area contributed by atoms with Gasteiger partial charge in [0.15, 0.2) is 0 Å². The second-order valence-corrected chi connectivity index (χ2v) is 8.23. The van der Waals surface area contributed by atoms with Crippen molar-refractivity contribution in [2.75, 3.05) is 12.4 Å². The van der Waals surface area contributed by atoms with Gasteiger partial charge in [-0.05, 0) is 61.8 Å². The molecular weight excluding hydrogens is 267 g/mol. The van der Waals surface area contributed by atoms with Crippen LogP contribution >= 0.6 is 18.2 Å². The second-order valence-electron chi connectivity index (χ2n) is 4.11. The standard InChI is InChI=1S/C13H21O3PS/c1-5-7-18-17(14,15-6-2)16-13-9-11(3)8-12(4)10-13/h8-10H,5-7H2,1-4H3. The van der Waals surface area contributed by atoms with Gasteiger partial charge < -0.3 is 4.52 Å². The molecule has 0 radical (unpaired) electrons. The van der Waals surface area contributed by atoms with Crippen molar-refractivity contribution in [3.05, 3.63) is 29.3 Å². The van der Waals surface area contributed by atoms with Gasteiger partial charge in [0.2, 0.25) is 0 Å². The minimum absolute atomic E-state index is 0.388. The van der Waals surface area contributed by atoms with Gasteiger partial charge in [-0.25, -0.2) is 4.57 Å². The molecule has 1 aromatic carbocycles. The Hall–Kier alpha value is -0.440. The molecule has 0 aliphatic rings. The Balaban J connectivity index is 2.85. The molecule has 1 atom stereocenters. The highest BCUT2D eigenvalue weighted by molar-refractivity contribution is 8.55. The van der Waals surface area contributed by atoms with Crippen molar-refractivity contribution in [1.29, 1.82) is 0 Å². The fraction of sp³-hybridized carbons (Fsp3) is 0.538. The van der Waals surface area contributed by atoms with E-state index in [2.05, 4.69) is 6.07 Å². The predicted octanol–water partition coefficient (Wildman–Crippen LogP) is 4.97. The lowest BCUT2D eigenvalue weighted by Gasteiger charge is -2.18. The molecule has 1 unspecified atom stereocenters. The molecule has 0 saturated carbocycles. The summed E-state index contributed by atoms with van der Waals surface area (Å²) in [5.74, 6) is 1.38. The van der Waals surface area contributed by atoms with E-state index in [0.717, 1.165) is 23.3 Å². The summed E-state index contributed by atoms with van der Waals surface area (Å²) in [5, 5.41) is 0. The van der Waals surface area contributed by atoms with Gasteiger partial charge in [-0.15, -0.1) is 0 Å². The Bertz CT molecular complexity index is 414. The predicted molar refractivity (Wildman–Crippen MR) is 78.5 cm³/mol. The zero-order valence-corrected chi connectivity index (χ0v) is 13.1. The van der Waals surface area contributed by atoms with E-state index < -0.39 is 6.80 Å². The van der Waals surface area contributed by atoms with E-state index in [1.165, 1.54) is 11.4 Å². The van der Waals surface area contributed by atoms with Crippen LogP contribution in [0.4, 0.5) is 0 Å². The summed E-state index contributed by atoms with van der Waals surface area (Å²) in [5.41, 5.74) is 2.18. The topological polar surface area (TPSA) is 35.5 Å². The van der Waals surface area contributed by atoms with Crippen LogP contribution in [0.5, 0.6) is 5.75 Å². The largest absolute Gasteiger partial charge is 0.440 e. The number of hydrogen-bond acceptors (Lipinski definition) is 4. The molecule has 18 heavy (non-hydrogen) atoms. The van der Waals surface area contributed by atoms with E-state index in [1.54, 1.807) is 0 Å². The molecule has 1 rings (SSSR count). The van der Waals surface area contributed by atoms with Crippen LogP contribution in [-0.4, -0.2) is 12.4 Å². The van der Waals surface area contributed by atoms with Crippen molar-refractivity contribution in [3.8, 4) is 5.75 Å². The van der Waals surface area contributed by atoms with Gasteiger partial charge in [0, 0.05) is 5.75 Å². The normalized spacial score (nSPS) is 14.2. The van der Waals surface area contributed by atoms with Crippen molar-refractivity contribution in [2.45, 2.75) is 34.1 Å². The highest BCUT2D eigenvalue weighted by Crippen LogP contribution is 2.60. The maximum absolute atomic E-state index is 12.5. The van der Waals surface area contributed by atoms with Crippen LogP contribution in [-0.2, 0) is 9.09 Å². The first-order valence-corrected chi connectivity index (χ1v) is 9.29. The Kier molecular flexibility index (Phi) is 6.27. The van der Waals surface area contributed by atoms with Gasteiger partial charge >= 0.3 is 6.80 Å². The number of rotatable bonds is 7. The van der Waals surface area contributed by atoms with E-state index >= 15 is 0 Å². The summed E-state index contributed by atoms with van der Waals surface area (Å²) in [6, 6.07) is 5.81. The van der Waals surface area contributed by atoms with Crippen molar-refractivity contribution in [2.24, 2.45) is 0 Å². The van der Waals surface area contributed by atoms with E-state index in [1.807, 2.05) is 39.8 Å². The van der Waals surface area contributed by atoms with E-state index in [4.69, 9.17) is 9.05 Å². The Labute approximate surface area is 114 Å². The summed E-state index contributed by atoms with van der Waals surface area (Å²) in [4.78, 5) is 0. The molecule has 0 saturated heterocycles. The lowest BCUT2D eigenvalue weighted by atomic mass is 10.1. The summed E-state index contributed by atoms with van der Waals surface area (Å²) in [7, 11) is 0. The highest BCUT2D eigenvalue weighted by Gasteiger charge is 2.26. The van der Waals surface area contributed by atoms with Gasteiger partial charge in [-0.3, -0.25) is 4.52 Å². The Morgan fingerprint density at radius 1 is 1.17 bits per heavy atom. The molecule has 0 aromatic heterocycles. The smallest absolute Gasteiger partial charge is 0.417 e. The van der Waals surface area contributed by atoms with Crippen LogP contribution in [0.1, 0.15) is 31.4 Å². The van der Waals surface area contributed by atoms with Crippen LogP contribution in [0.2, 0.25) is 0 Å². The van der Waals surface area contributed by atoms with Crippen LogP contribution in [0.3, 0.4) is 0 Å². The molecule has 0 fully saturated rings. The lowest BCUT2D eigenvalue weighted by molar-refractivity contribution is 0.296. The molecular formula is C13H21O3PS. The maximum Gasteiger partial charge on any atom is 0.440 e. The van der Waals surface area contributed by atoms with Crippen molar-refractivity contribution >= 4 is 18.2 Å². The minimum Gasteiger partial charge on any atom is -0.417 e. The Morgan fingerprint density at radius 2 is 1.78 bits per heavy atom. The second kappa shape index (κ2) is 7.22. The van der Waals surface area contributed by atoms with E-state index in [0.29, 0.717) is 12.4 Å². The fourth-order valence-corrected chi connectivity index (χ4v) is 5.01. The average molecular weight is 288 g/mol. The molecule has 102 valence electrons. The average Bonchev–Trinajstić information content (AvgIpc) is 2.25. The van der Waals surface area contributed by atoms with Crippen LogP contribution < -0.4 is 4.52 Å². The van der Waals surface area contributed by atoms with Crippen LogP contribution in [0, 0.1) is 13.8 Å². The van der Waals surface area contributed by atoms with E-state index in [-0.39, 0.29) is 0 Å². The first-order valence-electron chi connectivity index (χ1n) is 6.16. The van der Waals surface area contributed by atoms with Crippen LogP contribution in [0.15, 0.2) is 18.2 Å². The highest BCUT2D eigenvalue weighted by atomic mass is 32.7. The molecule has 0 aliphatic carbocycles.